The zero-order valence-electron chi connectivity index (χ0n) is 14.9. The van der Waals surface area contributed by atoms with Crippen molar-refractivity contribution in [3.8, 4) is 0 Å². The highest BCUT2D eigenvalue weighted by atomic mass is 16.5. The van der Waals surface area contributed by atoms with E-state index in [1.807, 2.05) is 12.4 Å². The highest BCUT2D eigenvalue weighted by Crippen LogP contribution is 2.26. The molecule has 0 aromatic carbocycles. The van der Waals surface area contributed by atoms with Crippen molar-refractivity contribution in [2.24, 2.45) is 11.8 Å². The summed E-state index contributed by atoms with van der Waals surface area (Å²) >= 11 is 0. The Morgan fingerprint density at radius 1 is 1.17 bits per heavy atom. The second-order valence-corrected chi connectivity index (χ2v) is 7.44. The van der Waals surface area contributed by atoms with Crippen molar-refractivity contribution in [2.75, 3.05) is 57.4 Å². The molecule has 0 bridgehead atoms. The van der Waals surface area contributed by atoms with E-state index < -0.39 is 0 Å². The van der Waals surface area contributed by atoms with E-state index in [0.717, 1.165) is 58.3 Å². The SMILES string of the molecule is CC(C)c1cnc(N2C[C@H](CO)C[C@H](CN3CCOCC3)C2)nc1. The summed E-state index contributed by atoms with van der Waals surface area (Å²) in [6, 6.07) is 0. The Bertz CT molecular complexity index is 502. The number of morpholine rings is 1. The van der Waals surface area contributed by atoms with Crippen molar-refractivity contribution in [1.29, 1.82) is 0 Å². The monoisotopic (exact) mass is 334 g/mol. The summed E-state index contributed by atoms with van der Waals surface area (Å²) in [5, 5.41) is 9.70. The summed E-state index contributed by atoms with van der Waals surface area (Å²) < 4.78 is 5.44. The number of piperidine rings is 1. The zero-order chi connectivity index (χ0) is 16.9. The van der Waals surface area contributed by atoms with Gasteiger partial charge in [0.2, 0.25) is 5.95 Å². The van der Waals surface area contributed by atoms with E-state index in [1.165, 1.54) is 5.56 Å². The van der Waals surface area contributed by atoms with E-state index in [2.05, 4.69) is 33.6 Å². The fourth-order valence-electron chi connectivity index (χ4n) is 3.69. The van der Waals surface area contributed by atoms with Crippen molar-refractivity contribution < 1.29 is 9.84 Å². The summed E-state index contributed by atoms with van der Waals surface area (Å²) in [6.07, 6.45) is 4.95. The molecule has 0 spiro atoms. The molecular formula is C18H30N4O2. The maximum absolute atomic E-state index is 9.70. The third-order valence-electron chi connectivity index (χ3n) is 5.11. The molecular weight excluding hydrogens is 304 g/mol. The van der Waals surface area contributed by atoms with Crippen LogP contribution in [0.4, 0.5) is 5.95 Å². The molecule has 0 amide bonds. The van der Waals surface area contributed by atoms with Gasteiger partial charge in [0, 0.05) is 51.7 Å². The molecule has 24 heavy (non-hydrogen) atoms. The second kappa shape index (κ2) is 8.23. The molecule has 2 saturated heterocycles. The van der Waals surface area contributed by atoms with Crippen LogP contribution >= 0.6 is 0 Å². The minimum atomic E-state index is 0.236. The van der Waals surface area contributed by atoms with Crippen molar-refractivity contribution in [3.63, 3.8) is 0 Å². The number of anilines is 1. The molecule has 6 heteroatoms. The summed E-state index contributed by atoms with van der Waals surface area (Å²) in [7, 11) is 0. The second-order valence-electron chi connectivity index (χ2n) is 7.44. The lowest BCUT2D eigenvalue weighted by atomic mass is 9.89. The number of rotatable bonds is 5. The Morgan fingerprint density at radius 3 is 2.46 bits per heavy atom. The van der Waals surface area contributed by atoms with Crippen LogP contribution in [0.1, 0.15) is 31.7 Å². The quantitative estimate of drug-likeness (QED) is 0.877. The average molecular weight is 334 g/mol. The van der Waals surface area contributed by atoms with Gasteiger partial charge in [-0.3, -0.25) is 4.90 Å². The number of aliphatic hydroxyl groups is 1. The first kappa shape index (κ1) is 17.6. The molecule has 2 aliphatic heterocycles. The summed E-state index contributed by atoms with van der Waals surface area (Å²) in [6.45, 7) is 11.1. The van der Waals surface area contributed by atoms with Crippen molar-refractivity contribution >= 4 is 5.95 Å². The molecule has 1 aromatic rings. The molecule has 2 aliphatic rings. The van der Waals surface area contributed by atoms with Gasteiger partial charge in [-0.05, 0) is 29.7 Å². The Hall–Kier alpha value is -1.24. The lowest BCUT2D eigenvalue weighted by Gasteiger charge is -2.40. The first-order valence-corrected chi connectivity index (χ1v) is 9.13. The largest absolute Gasteiger partial charge is 0.396 e. The van der Waals surface area contributed by atoms with Gasteiger partial charge in [0.1, 0.15) is 0 Å². The zero-order valence-corrected chi connectivity index (χ0v) is 14.9. The Balaban J connectivity index is 1.65. The van der Waals surface area contributed by atoms with E-state index in [-0.39, 0.29) is 6.61 Å². The van der Waals surface area contributed by atoms with Crippen molar-refractivity contribution in [2.45, 2.75) is 26.2 Å². The van der Waals surface area contributed by atoms with E-state index in [1.54, 1.807) is 0 Å². The standard InChI is InChI=1S/C18H30N4O2/c1-14(2)17-8-19-18(20-9-17)22-11-15(7-16(12-22)13-23)10-21-3-5-24-6-4-21/h8-9,14-16,23H,3-7,10-13H2,1-2H3/t15-,16-/m1/s1. The third kappa shape index (κ3) is 4.43. The van der Waals surface area contributed by atoms with Gasteiger partial charge in [0.05, 0.1) is 13.2 Å². The van der Waals surface area contributed by atoms with Crippen LogP contribution in [0.15, 0.2) is 12.4 Å². The van der Waals surface area contributed by atoms with Gasteiger partial charge in [-0.25, -0.2) is 9.97 Å². The normalized spacial score (nSPS) is 26.1. The smallest absolute Gasteiger partial charge is 0.225 e. The van der Waals surface area contributed by atoms with Crippen LogP contribution < -0.4 is 4.90 Å². The van der Waals surface area contributed by atoms with Crippen LogP contribution in [0.2, 0.25) is 0 Å². The number of nitrogens with zero attached hydrogens (tertiary/aromatic N) is 4. The van der Waals surface area contributed by atoms with Gasteiger partial charge >= 0.3 is 0 Å². The van der Waals surface area contributed by atoms with Gasteiger partial charge in [0.25, 0.3) is 0 Å². The first-order valence-electron chi connectivity index (χ1n) is 9.13. The predicted octanol–water partition coefficient (Wildman–Crippen LogP) is 1.37. The maximum atomic E-state index is 9.70. The molecule has 2 atom stereocenters. The van der Waals surface area contributed by atoms with Crippen LogP contribution in [0, 0.1) is 11.8 Å². The summed E-state index contributed by atoms with van der Waals surface area (Å²) in [4.78, 5) is 13.9. The average Bonchev–Trinajstić information content (AvgIpc) is 2.62. The lowest BCUT2D eigenvalue weighted by Crippen LogP contribution is -2.48. The molecule has 0 saturated carbocycles. The molecule has 134 valence electrons. The third-order valence-corrected chi connectivity index (χ3v) is 5.11. The van der Waals surface area contributed by atoms with Crippen LogP contribution in [0.3, 0.4) is 0 Å². The predicted molar refractivity (Wildman–Crippen MR) is 94.3 cm³/mol. The van der Waals surface area contributed by atoms with Crippen LogP contribution in [0.5, 0.6) is 0 Å². The highest BCUT2D eigenvalue weighted by Gasteiger charge is 2.29. The number of aromatic nitrogens is 2. The van der Waals surface area contributed by atoms with Crippen molar-refractivity contribution in [1.82, 2.24) is 14.9 Å². The number of ether oxygens (including phenoxy) is 1. The minimum Gasteiger partial charge on any atom is -0.396 e. The lowest BCUT2D eigenvalue weighted by molar-refractivity contribution is 0.0267. The van der Waals surface area contributed by atoms with Gasteiger partial charge in [-0.15, -0.1) is 0 Å². The minimum absolute atomic E-state index is 0.236. The molecule has 1 aromatic heterocycles. The Labute approximate surface area is 144 Å². The molecule has 3 rings (SSSR count). The topological polar surface area (TPSA) is 61.7 Å². The van der Waals surface area contributed by atoms with E-state index in [9.17, 15) is 5.11 Å². The summed E-state index contributed by atoms with van der Waals surface area (Å²) in [5.41, 5.74) is 1.17. The van der Waals surface area contributed by atoms with E-state index in [4.69, 9.17) is 4.74 Å². The highest BCUT2D eigenvalue weighted by molar-refractivity contribution is 5.31. The molecule has 1 N–H and O–H groups in total. The number of hydrogen-bond donors (Lipinski definition) is 1. The van der Waals surface area contributed by atoms with Gasteiger partial charge < -0.3 is 14.7 Å². The summed E-state index contributed by atoms with van der Waals surface area (Å²) in [5.74, 6) is 2.09. The molecule has 0 aliphatic carbocycles. The van der Waals surface area contributed by atoms with Crippen LogP contribution in [-0.4, -0.2) is 72.5 Å². The Morgan fingerprint density at radius 2 is 1.83 bits per heavy atom. The molecule has 6 nitrogen and oxygen atoms in total. The molecule has 0 unspecified atom stereocenters. The molecule has 0 radical (unpaired) electrons. The van der Waals surface area contributed by atoms with Crippen LogP contribution in [0.25, 0.3) is 0 Å². The van der Waals surface area contributed by atoms with E-state index >= 15 is 0 Å². The number of hydrogen-bond acceptors (Lipinski definition) is 6. The number of aliphatic hydroxyl groups excluding tert-OH is 1. The fraction of sp³-hybridized carbons (Fsp3) is 0.778. The maximum Gasteiger partial charge on any atom is 0.225 e. The Kier molecular flexibility index (Phi) is 6.03. The fourth-order valence-corrected chi connectivity index (χ4v) is 3.69. The van der Waals surface area contributed by atoms with E-state index in [0.29, 0.717) is 17.8 Å². The van der Waals surface area contributed by atoms with Crippen molar-refractivity contribution in [3.05, 3.63) is 18.0 Å². The molecule has 2 fully saturated rings. The first-order chi connectivity index (χ1) is 11.7. The van der Waals surface area contributed by atoms with Gasteiger partial charge in [0.15, 0.2) is 0 Å². The molecule has 3 heterocycles. The van der Waals surface area contributed by atoms with Crippen LogP contribution in [-0.2, 0) is 4.74 Å². The van der Waals surface area contributed by atoms with Gasteiger partial charge in [-0.1, -0.05) is 13.8 Å². The van der Waals surface area contributed by atoms with Gasteiger partial charge in [-0.2, -0.15) is 0 Å².